The monoisotopic (exact) mass is 541 g/mol. The van der Waals surface area contributed by atoms with E-state index in [-0.39, 0.29) is 0 Å². The maximum absolute atomic E-state index is 6.22. The first-order valence-electron chi connectivity index (χ1n) is 15.9. The molecule has 2 fully saturated rings. The molecule has 8 nitrogen and oxygen atoms in total. The Morgan fingerprint density at radius 1 is 0.553 bits per heavy atom. The summed E-state index contributed by atoms with van der Waals surface area (Å²) >= 11 is 0. The molecule has 2 heterocycles. The van der Waals surface area contributed by atoms with Gasteiger partial charge in [0.1, 0.15) is 0 Å². The second-order valence-electron chi connectivity index (χ2n) is 12.9. The fourth-order valence-electron chi connectivity index (χ4n) is 6.33. The van der Waals surface area contributed by atoms with Crippen LogP contribution in [0.3, 0.4) is 0 Å². The average molecular weight is 541 g/mol. The summed E-state index contributed by atoms with van der Waals surface area (Å²) in [5.74, 6) is 0. The van der Waals surface area contributed by atoms with Crippen LogP contribution in [0.1, 0.15) is 93.9 Å². The van der Waals surface area contributed by atoms with Gasteiger partial charge in [0.15, 0.2) is 0 Å². The van der Waals surface area contributed by atoms with Crippen LogP contribution in [-0.4, -0.2) is 120 Å². The Hall–Kier alpha value is -0.320. The maximum atomic E-state index is 6.22. The topological polar surface area (TPSA) is 117 Å². The van der Waals surface area contributed by atoms with Gasteiger partial charge >= 0.3 is 0 Å². The van der Waals surface area contributed by atoms with Crippen LogP contribution in [0.25, 0.3) is 0 Å². The number of nitrogens with two attached hydrogens (primary N) is 4. The van der Waals surface area contributed by atoms with E-state index in [1.54, 1.807) is 0 Å². The largest absolute Gasteiger partial charge is 0.328 e. The minimum absolute atomic E-state index is 0.306. The van der Waals surface area contributed by atoms with Gasteiger partial charge in [-0.1, -0.05) is 26.7 Å². The quantitative estimate of drug-likeness (QED) is 0.266. The molecule has 8 unspecified atom stereocenters. The zero-order chi connectivity index (χ0) is 28.8. The molecule has 0 saturated carbocycles. The van der Waals surface area contributed by atoms with E-state index in [2.05, 4.69) is 75.0 Å². The molecule has 0 aliphatic carbocycles. The SMILES string of the molecule is CC(N)CCN1CC(C)N(CCC(C)N)C(C)C1.CCCC(N)CN1CC(C)N(CC(N)CCC)C(C)C1. The third kappa shape index (κ3) is 13.8. The summed E-state index contributed by atoms with van der Waals surface area (Å²) < 4.78 is 0. The highest BCUT2D eigenvalue weighted by molar-refractivity contribution is 4.88. The first-order chi connectivity index (χ1) is 17.9. The van der Waals surface area contributed by atoms with Crippen LogP contribution >= 0.6 is 0 Å². The number of piperazine rings is 2. The lowest BCUT2D eigenvalue weighted by atomic mass is 10.0. The second kappa shape index (κ2) is 18.9. The number of hydrogen-bond donors (Lipinski definition) is 4. The summed E-state index contributed by atoms with van der Waals surface area (Å²) in [5.41, 5.74) is 24.1. The van der Waals surface area contributed by atoms with E-state index in [1.165, 1.54) is 12.8 Å². The Morgan fingerprint density at radius 3 is 1.39 bits per heavy atom. The molecule has 0 bridgehead atoms. The van der Waals surface area contributed by atoms with E-state index in [9.17, 15) is 0 Å². The van der Waals surface area contributed by atoms with Crippen molar-refractivity contribution in [2.45, 2.75) is 142 Å². The van der Waals surface area contributed by atoms with Gasteiger partial charge in [0.25, 0.3) is 0 Å². The zero-order valence-corrected chi connectivity index (χ0v) is 26.6. The van der Waals surface area contributed by atoms with Crippen molar-refractivity contribution >= 4 is 0 Å². The van der Waals surface area contributed by atoms with Gasteiger partial charge < -0.3 is 27.8 Å². The summed E-state index contributed by atoms with van der Waals surface area (Å²) in [7, 11) is 0. The fourth-order valence-corrected chi connectivity index (χ4v) is 6.33. The predicted molar refractivity (Wildman–Crippen MR) is 166 cm³/mol. The Morgan fingerprint density at radius 2 is 0.947 bits per heavy atom. The van der Waals surface area contributed by atoms with E-state index in [4.69, 9.17) is 22.9 Å². The Kier molecular flexibility index (Phi) is 17.8. The lowest BCUT2D eigenvalue weighted by Crippen LogP contribution is -2.60. The molecule has 38 heavy (non-hydrogen) atoms. The maximum Gasteiger partial charge on any atom is 0.0198 e. The highest BCUT2D eigenvalue weighted by atomic mass is 15.3. The van der Waals surface area contributed by atoms with Crippen molar-refractivity contribution in [2.75, 3.05) is 52.4 Å². The van der Waals surface area contributed by atoms with E-state index >= 15 is 0 Å². The highest BCUT2D eigenvalue weighted by Gasteiger charge is 2.31. The number of hydrogen-bond acceptors (Lipinski definition) is 8. The molecule has 2 aliphatic rings. The summed E-state index contributed by atoms with van der Waals surface area (Å²) in [4.78, 5) is 10.3. The normalized spacial score (nSPS) is 29.4. The van der Waals surface area contributed by atoms with Crippen LogP contribution in [-0.2, 0) is 0 Å². The lowest BCUT2D eigenvalue weighted by molar-refractivity contribution is 0.0312. The van der Waals surface area contributed by atoms with E-state index in [0.717, 1.165) is 78.0 Å². The zero-order valence-electron chi connectivity index (χ0n) is 26.6. The molecule has 8 heteroatoms. The van der Waals surface area contributed by atoms with E-state index in [1.807, 2.05) is 0 Å². The van der Waals surface area contributed by atoms with Gasteiger partial charge in [-0.3, -0.25) is 14.7 Å². The van der Waals surface area contributed by atoms with Crippen molar-refractivity contribution in [1.29, 1.82) is 0 Å². The smallest absolute Gasteiger partial charge is 0.0198 e. The van der Waals surface area contributed by atoms with Gasteiger partial charge in [-0.05, 0) is 73.8 Å². The molecule has 228 valence electrons. The van der Waals surface area contributed by atoms with Crippen molar-refractivity contribution in [3.63, 3.8) is 0 Å². The summed E-state index contributed by atoms with van der Waals surface area (Å²) in [6, 6.07) is 3.67. The molecular formula is C30H68N8. The van der Waals surface area contributed by atoms with Crippen molar-refractivity contribution in [1.82, 2.24) is 19.6 Å². The average Bonchev–Trinajstić information content (AvgIpc) is 2.80. The molecule has 0 spiro atoms. The van der Waals surface area contributed by atoms with Crippen LogP contribution in [0.15, 0.2) is 0 Å². The molecular weight excluding hydrogens is 472 g/mol. The molecule has 8 atom stereocenters. The van der Waals surface area contributed by atoms with Gasteiger partial charge in [0.2, 0.25) is 0 Å². The predicted octanol–water partition coefficient (Wildman–Crippen LogP) is 2.49. The minimum Gasteiger partial charge on any atom is -0.328 e. The van der Waals surface area contributed by atoms with Gasteiger partial charge in [-0.25, -0.2) is 0 Å². The molecule has 0 aromatic heterocycles. The lowest BCUT2D eigenvalue weighted by Gasteiger charge is -2.46. The van der Waals surface area contributed by atoms with Gasteiger partial charge in [0.05, 0.1) is 0 Å². The van der Waals surface area contributed by atoms with Crippen molar-refractivity contribution in [3.8, 4) is 0 Å². The number of nitrogens with zero attached hydrogens (tertiary/aromatic N) is 4. The van der Waals surface area contributed by atoms with E-state index < -0.39 is 0 Å². The molecule has 0 amide bonds. The standard InChI is InChI=1S/C16H36N4.C14H32N4/c1-5-7-15(17)11-19-9-13(3)20(14(4)10-19)12-16(18)8-6-2;1-11(15)5-7-17-9-13(3)18(14(4)10-17)8-6-12(2)16/h13-16H,5-12,17-18H2,1-4H3;11-14H,5-10,15-16H2,1-4H3. The molecule has 2 saturated heterocycles. The van der Waals surface area contributed by atoms with Crippen LogP contribution in [0.2, 0.25) is 0 Å². The molecule has 0 aromatic rings. The highest BCUT2D eigenvalue weighted by Crippen LogP contribution is 2.18. The van der Waals surface area contributed by atoms with Crippen molar-refractivity contribution in [2.24, 2.45) is 22.9 Å². The number of rotatable bonds is 14. The second-order valence-corrected chi connectivity index (χ2v) is 12.9. The summed E-state index contributed by atoms with van der Waals surface area (Å²) in [6.45, 7) is 26.8. The van der Waals surface area contributed by atoms with Crippen LogP contribution < -0.4 is 22.9 Å². The first-order valence-corrected chi connectivity index (χ1v) is 15.9. The third-order valence-electron chi connectivity index (χ3n) is 8.35. The van der Waals surface area contributed by atoms with Crippen LogP contribution in [0, 0.1) is 0 Å². The molecule has 2 rings (SSSR count). The van der Waals surface area contributed by atoms with Crippen LogP contribution in [0.4, 0.5) is 0 Å². The Balaban J connectivity index is 0.000000382. The van der Waals surface area contributed by atoms with Gasteiger partial charge in [-0.2, -0.15) is 0 Å². The van der Waals surface area contributed by atoms with E-state index in [0.29, 0.717) is 48.3 Å². The van der Waals surface area contributed by atoms with Gasteiger partial charge in [-0.15, -0.1) is 0 Å². The minimum atomic E-state index is 0.306. The van der Waals surface area contributed by atoms with Crippen molar-refractivity contribution in [3.05, 3.63) is 0 Å². The molecule has 0 aromatic carbocycles. The van der Waals surface area contributed by atoms with Crippen LogP contribution in [0.5, 0.6) is 0 Å². The molecule has 8 N–H and O–H groups in total. The van der Waals surface area contributed by atoms with Crippen molar-refractivity contribution < 1.29 is 0 Å². The van der Waals surface area contributed by atoms with Gasteiger partial charge in [0, 0.05) is 94.1 Å². The summed E-state index contributed by atoms with van der Waals surface area (Å²) in [6.07, 6.45) is 6.80. The fraction of sp³-hybridized carbons (Fsp3) is 1.00. The summed E-state index contributed by atoms with van der Waals surface area (Å²) in [5, 5.41) is 0. The Labute approximate surface area is 237 Å². The third-order valence-corrected chi connectivity index (χ3v) is 8.35. The molecule has 0 radical (unpaired) electrons. The Bertz CT molecular complexity index is 565. The first kappa shape index (κ1) is 35.7. The molecule has 2 aliphatic heterocycles.